The maximum Gasteiger partial charge on any atom is 0.472 e. The highest BCUT2D eigenvalue weighted by Gasteiger charge is 2.28. The van der Waals surface area contributed by atoms with Crippen LogP contribution in [0, 0.1) is 0 Å². The number of carbonyl (C=O) groups is 1. The number of amides is 1. The summed E-state index contributed by atoms with van der Waals surface area (Å²) in [4.78, 5) is 23.2. The number of rotatable bonds is 47. The van der Waals surface area contributed by atoms with Crippen LogP contribution in [0.15, 0.2) is 12.2 Å². The summed E-state index contributed by atoms with van der Waals surface area (Å²) in [6.45, 7) is 4.91. The molecule has 3 atom stereocenters. The Morgan fingerprint density at radius 2 is 0.915 bits per heavy atom. The lowest BCUT2D eigenvalue weighted by Gasteiger charge is -2.26. The van der Waals surface area contributed by atoms with Gasteiger partial charge in [0.1, 0.15) is 13.2 Å². The number of phosphoric ester groups is 1. The van der Waals surface area contributed by atoms with Crippen LogP contribution in [0.1, 0.15) is 251 Å². The van der Waals surface area contributed by atoms with Crippen molar-refractivity contribution in [2.75, 3.05) is 40.9 Å². The van der Waals surface area contributed by atoms with Gasteiger partial charge in [0.2, 0.25) is 5.91 Å². The number of aliphatic hydroxyl groups excluding tert-OH is 1. The van der Waals surface area contributed by atoms with E-state index in [2.05, 4.69) is 31.3 Å². The third-order valence-corrected chi connectivity index (χ3v) is 12.7. The normalized spacial score (nSPS) is 14.2. The van der Waals surface area contributed by atoms with Gasteiger partial charge in [-0.1, -0.05) is 219 Å². The van der Waals surface area contributed by atoms with Gasteiger partial charge in [0.05, 0.1) is 39.9 Å². The Morgan fingerprint density at radius 3 is 1.31 bits per heavy atom. The van der Waals surface area contributed by atoms with E-state index in [1.54, 1.807) is 0 Å². The smallest absolute Gasteiger partial charge is 0.391 e. The number of hydrogen-bond acceptors (Lipinski definition) is 5. The molecule has 0 saturated carbocycles. The maximum absolute atomic E-state index is 12.9. The topological polar surface area (TPSA) is 105 Å². The van der Waals surface area contributed by atoms with Gasteiger partial charge in [0.25, 0.3) is 0 Å². The van der Waals surface area contributed by atoms with Gasteiger partial charge >= 0.3 is 7.82 Å². The van der Waals surface area contributed by atoms with Gasteiger partial charge in [-0.15, -0.1) is 0 Å². The molecule has 0 spiro atoms. The molecule has 0 aromatic carbocycles. The second-order valence-corrected chi connectivity index (χ2v) is 20.4. The van der Waals surface area contributed by atoms with Gasteiger partial charge in [-0.3, -0.25) is 13.8 Å². The molecular weight excluding hydrogens is 756 g/mol. The number of allylic oxidation sites excluding steroid dienone is 2. The molecule has 0 radical (unpaired) electrons. The van der Waals surface area contributed by atoms with Gasteiger partial charge in [-0.2, -0.15) is 0 Å². The average Bonchev–Trinajstić information content (AvgIpc) is 3.19. The summed E-state index contributed by atoms with van der Waals surface area (Å²) in [5.41, 5.74) is 0. The molecule has 352 valence electrons. The lowest BCUT2D eigenvalue weighted by atomic mass is 10.0. The summed E-state index contributed by atoms with van der Waals surface area (Å²) in [6.07, 6.45) is 49.5. The first-order valence-electron chi connectivity index (χ1n) is 25.6. The molecule has 3 N–H and O–H groups in total. The summed E-state index contributed by atoms with van der Waals surface area (Å²) in [7, 11) is 1.62. The van der Waals surface area contributed by atoms with Crippen molar-refractivity contribution >= 4 is 13.7 Å². The SMILES string of the molecule is CCCCCCCC/C=C\CCCCCCCCCC(=O)NC(COP(=O)(O)OCC[N+](C)(C)C)C(O)CCCCCCCCCCCCCCCCCCCCCC. The van der Waals surface area contributed by atoms with Crippen LogP contribution < -0.4 is 5.32 Å². The molecule has 0 rings (SSSR count). The quantitative estimate of drug-likeness (QED) is 0.0244. The molecule has 8 nitrogen and oxygen atoms in total. The van der Waals surface area contributed by atoms with Gasteiger partial charge in [0, 0.05) is 6.42 Å². The number of phosphoric acid groups is 1. The van der Waals surface area contributed by atoms with Crippen LogP contribution in [0.3, 0.4) is 0 Å². The zero-order valence-electron chi connectivity index (χ0n) is 40.0. The van der Waals surface area contributed by atoms with E-state index in [4.69, 9.17) is 9.05 Å². The molecule has 0 bridgehead atoms. The van der Waals surface area contributed by atoms with Crippen LogP contribution in [0.2, 0.25) is 0 Å². The average molecular weight is 858 g/mol. The fraction of sp³-hybridized carbons (Fsp3) is 0.940. The zero-order valence-corrected chi connectivity index (χ0v) is 40.9. The number of carbonyl (C=O) groups excluding carboxylic acids is 1. The van der Waals surface area contributed by atoms with Gasteiger partial charge in [0.15, 0.2) is 0 Å². The maximum atomic E-state index is 12.9. The molecule has 0 aromatic heterocycles. The number of likely N-dealkylation sites (N-methyl/N-ethyl adjacent to an activating group) is 1. The van der Waals surface area contributed by atoms with E-state index < -0.39 is 20.0 Å². The monoisotopic (exact) mass is 858 g/mol. The van der Waals surface area contributed by atoms with Crippen LogP contribution in [-0.4, -0.2) is 73.4 Å². The van der Waals surface area contributed by atoms with Crippen molar-refractivity contribution in [2.45, 2.75) is 264 Å². The van der Waals surface area contributed by atoms with Crippen molar-refractivity contribution in [3.05, 3.63) is 12.2 Å². The summed E-state index contributed by atoms with van der Waals surface area (Å²) < 4.78 is 23.7. The second-order valence-electron chi connectivity index (χ2n) is 18.9. The number of unbranched alkanes of at least 4 members (excludes halogenated alkanes) is 32. The number of hydrogen-bond donors (Lipinski definition) is 3. The minimum absolute atomic E-state index is 0.0760. The molecule has 0 saturated heterocycles. The molecule has 59 heavy (non-hydrogen) atoms. The summed E-state index contributed by atoms with van der Waals surface area (Å²) >= 11 is 0. The van der Waals surface area contributed by atoms with Gasteiger partial charge < -0.3 is 19.8 Å². The van der Waals surface area contributed by atoms with Crippen molar-refractivity contribution in [1.29, 1.82) is 0 Å². The van der Waals surface area contributed by atoms with Crippen molar-refractivity contribution in [3.63, 3.8) is 0 Å². The first-order valence-corrected chi connectivity index (χ1v) is 27.0. The van der Waals surface area contributed by atoms with Crippen LogP contribution in [0.25, 0.3) is 0 Å². The van der Waals surface area contributed by atoms with Crippen molar-refractivity contribution in [3.8, 4) is 0 Å². The van der Waals surface area contributed by atoms with E-state index in [9.17, 15) is 19.4 Å². The molecule has 0 fully saturated rings. The Labute approximate surface area is 367 Å². The Hall–Kier alpha value is -0.760. The largest absolute Gasteiger partial charge is 0.472 e. The fourth-order valence-corrected chi connectivity index (χ4v) is 8.43. The highest BCUT2D eigenvalue weighted by molar-refractivity contribution is 7.47. The molecule has 0 heterocycles. The molecule has 0 aliphatic rings. The molecule has 9 heteroatoms. The minimum Gasteiger partial charge on any atom is -0.391 e. The number of nitrogens with one attached hydrogen (secondary N) is 1. The number of quaternary nitrogens is 1. The van der Waals surface area contributed by atoms with E-state index in [1.807, 2.05) is 21.1 Å². The van der Waals surface area contributed by atoms with Gasteiger partial charge in [-0.25, -0.2) is 4.57 Å². The van der Waals surface area contributed by atoms with Gasteiger partial charge in [-0.05, 0) is 38.5 Å². The predicted octanol–water partition coefficient (Wildman–Crippen LogP) is 14.7. The lowest BCUT2D eigenvalue weighted by molar-refractivity contribution is -0.870. The Bertz CT molecular complexity index is 974. The van der Waals surface area contributed by atoms with E-state index in [0.717, 1.165) is 38.5 Å². The van der Waals surface area contributed by atoms with Crippen LogP contribution in [0.4, 0.5) is 0 Å². The Morgan fingerprint density at radius 1 is 0.559 bits per heavy atom. The molecular formula is C50H102N2O6P+. The number of nitrogens with zero attached hydrogens (tertiary/aromatic N) is 1. The fourth-order valence-electron chi connectivity index (χ4n) is 7.69. The first-order chi connectivity index (χ1) is 28.5. The third-order valence-electron chi connectivity index (χ3n) is 11.8. The van der Waals surface area contributed by atoms with Crippen LogP contribution >= 0.6 is 7.82 Å². The number of aliphatic hydroxyl groups is 1. The highest BCUT2D eigenvalue weighted by atomic mass is 31.2. The predicted molar refractivity (Wildman–Crippen MR) is 254 cm³/mol. The van der Waals surface area contributed by atoms with E-state index in [1.165, 1.54) is 186 Å². The van der Waals surface area contributed by atoms with Crippen LogP contribution in [0.5, 0.6) is 0 Å². The summed E-state index contributed by atoms with van der Waals surface area (Å²) in [5, 5.41) is 14.0. The van der Waals surface area contributed by atoms with Crippen molar-refractivity contribution in [2.24, 2.45) is 0 Å². The lowest BCUT2D eigenvalue weighted by Crippen LogP contribution is -2.46. The first kappa shape index (κ1) is 58.2. The van der Waals surface area contributed by atoms with Crippen molar-refractivity contribution in [1.82, 2.24) is 5.32 Å². The summed E-state index contributed by atoms with van der Waals surface area (Å²) in [5.74, 6) is -0.146. The molecule has 0 aliphatic carbocycles. The summed E-state index contributed by atoms with van der Waals surface area (Å²) in [6, 6.07) is -0.759. The zero-order chi connectivity index (χ0) is 43.6. The molecule has 0 aliphatic heterocycles. The second kappa shape index (κ2) is 42.5. The van der Waals surface area contributed by atoms with Crippen molar-refractivity contribution < 1.29 is 32.9 Å². The van der Waals surface area contributed by atoms with E-state index >= 15 is 0 Å². The molecule has 0 aromatic rings. The standard InChI is InChI=1S/C50H101N2O6P/c1-6-8-10-12-14-16-18-20-22-24-25-26-28-29-31-33-35-37-39-41-43-49(53)48(47-58-59(55,56)57-46-45-52(3,4)5)51-50(54)44-42-40-38-36-34-32-30-27-23-21-19-17-15-13-11-9-7-2/h21,23,48-49,53H,6-20,22,24-47H2,1-5H3,(H-,51,54,55,56)/p+1/b23-21-. The Balaban J connectivity index is 4.25. The Kier molecular flexibility index (Phi) is 42.0. The third kappa shape index (κ3) is 45.1. The minimum atomic E-state index is -4.32. The van der Waals surface area contributed by atoms with E-state index in [-0.39, 0.29) is 19.1 Å². The van der Waals surface area contributed by atoms with E-state index in [0.29, 0.717) is 23.9 Å². The highest BCUT2D eigenvalue weighted by Crippen LogP contribution is 2.43. The van der Waals surface area contributed by atoms with Crippen LogP contribution in [-0.2, 0) is 18.4 Å². The molecule has 3 unspecified atom stereocenters. The molecule has 1 amide bonds.